The number of carbonyl (C=O) groups is 1. The fourth-order valence-corrected chi connectivity index (χ4v) is 3.58. The Kier molecular flexibility index (Phi) is 13.8. The number of carbonyl (C=O) groups excluding carboxylic acids is 1. The minimum atomic E-state index is 0. The molecule has 0 atom stereocenters. The van der Waals surface area contributed by atoms with E-state index >= 15 is 0 Å². The first-order valence-electron chi connectivity index (χ1n) is 11.5. The third-order valence-corrected chi connectivity index (χ3v) is 5.51. The van der Waals surface area contributed by atoms with E-state index in [1.54, 1.807) is 24.5 Å². The zero-order valence-electron chi connectivity index (χ0n) is 20.8. The van der Waals surface area contributed by atoms with Crippen LogP contribution in [-0.2, 0) is 6.61 Å². The SMILES string of the molecule is C.C.C.CC(C)n1cc(C#N)nc1-c1ccc(C=O)cc1.CC(C)n1cc(C#N)nc1-c1ccc(CO)cc1. The lowest BCUT2D eigenvalue weighted by molar-refractivity contribution is 0.112. The van der Waals surface area contributed by atoms with Crippen molar-refractivity contribution >= 4 is 6.29 Å². The fourth-order valence-electron chi connectivity index (χ4n) is 3.58. The maximum Gasteiger partial charge on any atom is 0.159 e. The Morgan fingerprint density at radius 2 is 1.15 bits per heavy atom. The quantitative estimate of drug-likeness (QED) is 0.264. The summed E-state index contributed by atoms with van der Waals surface area (Å²) < 4.78 is 3.93. The number of nitrogens with zero attached hydrogens (tertiary/aromatic N) is 6. The molecule has 0 aliphatic heterocycles. The van der Waals surface area contributed by atoms with Gasteiger partial charge >= 0.3 is 0 Å². The van der Waals surface area contributed by atoms with Gasteiger partial charge < -0.3 is 14.2 Å². The van der Waals surface area contributed by atoms with E-state index in [1.807, 2.05) is 65.4 Å². The lowest BCUT2D eigenvalue weighted by Crippen LogP contribution is -2.01. The van der Waals surface area contributed by atoms with Gasteiger partial charge in [-0.1, -0.05) is 70.8 Å². The van der Waals surface area contributed by atoms with Crippen LogP contribution in [-0.4, -0.2) is 30.5 Å². The minimum Gasteiger partial charge on any atom is -0.392 e. The smallest absolute Gasteiger partial charge is 0.159 e. The number of aldehydes is 1. The van der Waals surface area contributed by atoms with E-state index in [0.717, 1.165) is 34.6 Å². The zero-order chi connectivity index (χ0) is 26.2. The number of aromatic nitrogens is 4. The minimum absolute atomic E-state index is 0. The molecular formula is C31H40N6O2. The van der Waals surface area contributed by atoms with E-state index in [0.29, 0.717) is 17.0 Å². The predicted octanol–water partition coefficient (Wildman–Crippen LogP) is 7.22. The van der Waals surface area contributed by atoms with E-state index < -0.39 is 0 Å². The van der Waals surface area contributed by atoms with Crippen molar-refractivity contribution in [3.8, 4) is 34.9 Å². The second-order valence-electron chi connectivity index (χ2n) is 8.72. The number of rotatable bonds is 6. The van der Waals surface area contributed by atoms with Crippen LogP contribution in [0.15, 0.2) is 60.9 Å². The number of imidazole rings is 2. The summed E-state index contributed by atoms with van der Waals surface area (Å²) in [5.41, 5.74) is 4.16. The summed E-state index contributed by atoms with van der Waals surface area (Å²) in [6.45, 7) is 8.20. The molecule has 39 heavy (non-hydrogen) atoms. The van der Waals surface area contributed by atoms with E-state index in [1.165, 1.54) is 0 Å². The average molecular weight is 529 g/mol. The van der Waals surface area contributed by atoms with Crippen LogP contribution < -0.4 is 0 Å². The number of benzene rings is 2. The Hall–Kier alpha value is -4.53. The Bertz CT molecular complexity index is 1400. The lowest BCUT2D eigenvalue weighted by Gasteiger charge is -2.11. The van der Waals surface area contributed by atoms with Crippen LogP contribution in [0.5, 0.6) is 0 Å². The largest absolute Gasteiger partial charge is 0.392 e. The van der Waals surface area contributed by atoms with Crippen molar-refractivity contribution in [2.24, 2.45) is 0 Å². The lowest BCUT2D eigenvalue weighted by atomic mass is 10.1. The first-order chi connectivity index (χ1) is 17.3. The summed E-state index contributed by atoms with van der Waals surface area (Å²) in [6.07, 6.45) is 4.31. The van der Waals surface area contributed by atoms with Crippen molar-refractivity contribution < 1.29 is 9.90 Å². The molecular weight excluding hydrogens is 488 g/mol. The number of hydrogen-bond donors (Lipinski definition) is 1. The molecule has 0 bridgehead atoms. The summed E-state index contributed by atoms with van der Waals surface area (Å²) in [4.78, 5) is 19.2. The van der Waals surface area contributed by atoms with Gasteiger partial charge in [-0.05, 0) is 33.3 Å². The second kappa shape index (κ2) is 15.7. The molecule has 0 amide bonds. The topological polar surface area (TPSA) is 121 Å². The number of aliphatic hydroxyl groups is 1. The molecule has 0 unspecified atom stereocenters. The maximum atomic E-state index is 10.6. The molecule has 1 N–H and O–H groups in total. The third-order valence-electron chi connectivity index (χ3n) is 5.51. The monoisotopic (exact) mass is 528 g/mol. The van der Waals surface area contributed by atoms with Crippen LogP contribution in [0.2, 0.25) is 0 Å². The molecule has 0 spiro atoms. The molecule has 8 nitrogen and oxygen atoms in total. The Labute approximate surface area is 232 Å². The van der Waals surface area contributed by atoms with Gasteiger partial charge in [0, 0.05) is 41.2 Å². The highest BCUT2D eigenvalue weighted by Crippen LogP contribution is 2.24. The highest BCUT2D eigenvalue weighted by Gasteiger charge is 2.13. The number of aliphatic hydroxyl groups excluding tert-OH is 1. The van der Waals surface area contributed by atoms with Gasteiger partial charge in [-0.25, -0.2) is 9.97 Å². The van der Waals surface area contributed by atoms with Crippen LogP contribution in [0, 0.1) is 22.7 Å². The van der Waals surface area contributed by atoms with Gasteiger partial charge in [-0.3, -0.25) is 4.79 Å². The molecule has 4 rings (SSSR count). The summed E-state index contributed by atoms with van der Waals surface area (Å²) in [5.74, 6) is 1.53. The predicted molar refractivity (Wildman–Crippen MR) is 157 cm³/mol. The van der Waals surface area contributed by atoms with Crippen LogP contribution >= 0.6 is 0 Å². The van der Waals surface area contributed by atoms with Crippen molar-refractivity contribution in [3.63, 3.8) is 0 Å². The fraction of sp³-hybridized carbons (Fsp3) is 0.323. The number of hydrogen-bond acceptors (Lipinski definition) is 6. The van der Waals surface area contributed by atoms with Crippen molar-refractivity contribution in [1.82, 2.24) is 19.1 Å². The molecule has 0 saturated heterocycles. The van der Waals surface area contributed by atoms with E-state index in [4.69, 9.17) is 15.6 Å². The van der Waals surface area contributed by atoms with E-state index in [2.05, 4.69) is 29.9 Å². The molecule has 0 radical (unpaired) electrons. The van der Waals surface area contributed by atoms with Crippen molar-refractivity contribution in [1.29, 1.82) is 10.5 Å². The molecule has 2 aromatic heterocycles. The molecule has 2 heterocycles. The normalized spacial score (nSPS) is 9.67. The first-order valence-corrected chi connectivity index (χ1v) is 11.5. The van der Waals surface area contributed by atoms with Crippen molar-refractivity contribution in [2.75, 3.05) is 0 Å². The molecule has 2 aromatic carbocycles. The van der Waals surface area contributed by atoms with Gasteiger partial charge in [0.15, 0.2) is 11.4 Å². The molecule has 206 valence electrons. The summed E-state index contributed by atoms with van der Waals surface area (Å²) >= 11 is 0. The van der Waals surface area contributed by atoms with Crippen LogP contribution in [0.25, 0.3) is 22.8 Å². The van der Waals surface area contributed by atoms with E-state index in [-0.39, 0.29) is 41.0 Å². The first kappa shape index (κ1) is 34.5. The summed E-state index contributed by atoms with van der Waals surface area (Å²) in [5, 5.41) is 26.9. The Balaban J connectivity index is 0.000000688. The highest BCUT2D eigenvalue weighted by atomic mass is 16.3. The van der Waals surface area contributed by atoms with Gasteiger partial charge in [0.1, 0.15) is 30.1 Å². The standard InChI is InChI=1S/C14H15N3O.C14H13N3O.3CH4/c2*1-10(2)17-8-13(7-15)16-14(17)12-5-3-11(9-18)4-6-12;;;/h3-6,8,10,18H,9H2,1-2H3;3-6,8-10H,1-2H3;3*1H4. The van der Waals surface area contributed by atoms with Gasteiger partial charge in [0.2, 0.25) is 0 Å². The van der Waals surface area contributed by atoms with Gasteiger partial charge in [-0.15, -0.1) is 0 Å². The van der Waals surface area contributed by atoms with Gasteiger partial charge in [-0.2, -0.15) is 10.5 Å². The van der Waals surface area contributed by atoms with Gasteiger partial charge in [0.25, 0.3) is 0 Å². The van der Waals surface area contributed by atoms with Crippen LogP contribution in [0.1, 0.15) is 89.4 Å². The Morgan fingerprint density at radius 1 is 0.769 bits per heavy atom. The summed E-state index contributed by atoms with van der Waals surface area (Å²) in [7, 11) is 0. The Morgan fingerprint density at radius 3 is 1.46 bits per heavy atom. The molecule has 4 aromatic rings. The second-order valence-corrected chi connectivity index (χ2v) is 8.72. The summed E-state index contributed by atoms with van der Waals surface area (Å²) in [6, 6.07) is 19.3. The molecule has 0 aliphatic rings. The van der Waals surface area contributed by atoms with Crippen molar-refractivity contribution in [3.05, 3.63) is 83.4 Å². The number of nitriles is 2. The van der Waals surface area contributed by atoms with Crippen LogP contribution in [0.4, 0.5) is 0 Å². The van der Waals surface area contributed by atoms with Crippen molar-refractivity contribution in [2.45, 2.75) is 68.7 Å². The van der Waals surface area contributed by atoms with Gasteiger partial charge in [0.05, 0.1) is 6.61 Å². The highest BCUT2D eigenvalue weighted by molar-refractivity contribution is 5.76. The third kappa shape index (κ3) is 8.23. The molecule has 0 saturated carbocycles. The maximum absolute atomic E-state index is 10.6. The van der Waals surface area contributed by atoms with E-state index in [9.17, 15) is 4.79 Å². The molecule has 0 fully saturated rings. The zero-order valence-corrected chi connectivity index (χ0v) is 20.8. The molecule has 8 heteroatoms. The van der Waals surface area contributed by atoms with Crippen LogP contribution in [0.3, 0.4) is 0 Å². The average Bonchev–Trinajstić information content (AvgIpc) is 3.54. The molecule has 0 aliphatic carbocycles.